The molecule has 2 saturated heterocycles. The molecular formula is C9H14N2O2. The van der Waals surface area contributed by atoms with E-state index in [1.165, 1.54) is 12.8 Å². The maximum Gasteiger partial charge on any atom is 0.410 e. The van der Waals surface area contributed by atoms with Crippen molar-refractivity contribution in [1.29, 1.82) is 0 Å². The molecule has 1 saturated carbocycles. The van der Waals surface area contributed by atoms with Gasteiger partial charge in [-0.3, -0.25) is 4.90 Å². The first kappa shape index (κ1) is 7.62. The molecule has 0 aromatic rings. The molecule has 1 N–H and O–H groups in total. The highest BCUT2D eigenvalue weighted by Gasteiger charge is 2.48. The molecule has 2 aliphatic heterocycles. The van der Waals surface area contributed by atoms with E-state index in [-0.39, 0.29) is 12.2 Å². The fourth-order valence-electron chi connectivity index (χ4n) is 2.33. The Morgan fingerprint density at radius 2 is 2.23 bits per heavy atom. The smallest absolute Gasteiger partial charge is 0.410 e. The van der Waals surface area contributed by atoms with Gasteiger partial charge >= 0.3 is 6.09 Å². The van der Waals surface area contributed by atoms with Gasteiger partial charge < -0.3 is 10.1 Å². The third-order valence-electron chi connectivity index (χ3n) is 3.15. The topological polar surface area (TPSA) is 41.6 Å². The predicted molar refractivity (Wildman–Crippen MR) is 46.4 cm³/mol. The van der Waals surface area contributed by atoms with Gasteiger partial charge in [0.15, 0.2) is 0 Å². The number of amides is 1. The minimum Gasteiger partial charge on any atom is -0.444 e. The van der Waals surface area contributed by atoms with Crippen molar-refractivity contribution >= 4 is 6.09 Å². The molecule has 72 valence electrons. The fourth-order valence-corrected chi connectivity index (χ4v) is 2.33. The number of rotatable bonds is 1. The van der Waals surface area contributed by atoms with Crippen LogP contribution in [-0.4, -0.2) is 42.3 Å². The van der Waals surface area contributed by atoms with E-state index in [0.717, 1.165) is 19.5 Å². The summed E-state index contributed by atoms with van der Waals surface area (Å²) in [7, 11) is 0. The second-order valence-electron chi connectivity index (χ2n) is 4.12. The number of nitrogens with zero attached hydrogens (tertiary/aromatic N) is 1. The van der Waals surface area contributed by atoms with E-state index in [9.17, 15) is 4.79 Å². The highest BCUT2D eigenvalue weighted by atomic mass is 16.6. The predicted octanol–water partition coefficient (Wildman–Crippen LogP) is 0.331. The third-order valence-corrected chi connectivity index (χ3v) is 3.15. The summed E-state index contributed by atoms with van der Waals surface area (Å²) in [6.07, 6.45) is 3.38. The van der Waals surface area contributed by atoms with Crippen molar-refractivity contribution in [3.63, 3.8) is 0 Å². The lowest BCUT2D eigenvalue weighted by atomic mass is 10.0. The number of carbonyl (C=O) groups is 1. The molecule has 0 bridgehead atoms. The van der Waals surface area contributed by atoms with Crippen LogP contribution in [0.4, 0.5) is 4.79 Å². The van der Waals surface area contributed by atoms with Crippen LogP contribution < -0.4 is 5.32 Å². The Morgan fingerprint density at radius 3 is 3.00 bits per heavy atom. The van der Waals surface area contributed by atoms with Crippen LogP contribution in [0.5, 0.6) is 0 Å². The average Bonchev–Trinajstić information content (AvgIpc) is 2.88. The summed E-state index contributed by atoms with van der Waals surface area (Å²) in [5.41, 5.74) is 0. The van der Waals surface area contributed by atoms with E-state index in [1.54, 1.807) is 0 Å². The quantitative estimate of drug-likeness (QED) is 0.635. The molecule has 0 spiro atoms. The van der Waals surface area contributed by atoms with Crippen LogP contribution in [-0.2, 0) is 4.74 Å². The molecule has 13 heavy (non-hydrogen) atoms. The van der Waals surface area contributed by atoms with Gasteiger partial charge in [-0.05, 0) is 25.8 Å². The van der Waals surface area contributed by atoms with Gasteiger partial charge in [0, 0.05) is 12.6 Å². The van der Waals surface area contributed by atoms with E-state index in [0.29, 0.717) is 12.1 Å². The Balaban J connectivity index is 1.81. The Morgan fingerprint density at radius 1 is 1.38 bits per heavy atom. The van der Waals surface area contributed by atoms with Gasteiger partial charge in [0.25, 0.3) is 0 Å². The maximum absolute atomic E-state index is 11.5. The third kappa shape index (κ3) is 1.12. The number of piperidine rings is 1. The lowest BCUT2D eigenvalue weighted by molar-refractivity contribution is 0.117. The number of hydrogen-bond acceptors (Lipinski definition) is 3. The largest absolute Gasteiger partial charge is 0.444 e. The van der Waals surface area contributed by atoms with Crippen molar-refractivity contribution in [2.75, 3.05) is 13.1 Å². The highest BCUT2D eigenvalue weighted by Crippen LogP contribution is 2.35. The first-order valence-electron chi connectivity index (χ1n) is 5.06. The summed E-state index contributed by atoms with van der Waals surface area (Å²) in [6, 6.07) is 0.802. The molecule has 3 aliphatic rings. The van der Waals surface area contributed by atoms with Crippen molar-refractivity contribution in [2.45, 2.75) is 37.5 Å². The van der Waals surface area contributed by atoms with Gasteiger partial charge in [-0.1, -0.05) is 0 Å². The van der Waals surface area contributed by atoms with Crippen molar-refractivity contribution in [1.82, 2.24) is 10.2 Å². The van der Waals surface area contributed by atoms with E-state index in [2.05, 4.69) is 5.32 Å². The number of carbonyl (C=O) groups excluding carboxylic acids is 1. The van der Waals surface area contributed by atoms with Crippen molar-refractivity contribution in [3.8, 4) is 0 Å². The van der Waals surface area contributed by atoms with Gasteiger partial charge in [-0.2, -0.15) is 0 Å². The summed E-state index contributed by atoms with van der Waals surface area (Å²) in [4.78, 5) is 13.5. The summed E-state index contributed by atoms with van der Waals surface area (Å²) < 4.78 is 5.33. The second kappa shape index (κ2) is 2.61. The van der Waals surface area contributed by atoms with Gasteiger partial charge in [-0.25, -0.2) is 4.79 Å². The number of fused-ring (bicyclic) bond motifs is 1. The molecule has 2 unspecified atom stereocenters. The van der Waals surface area contributed by atoms with Crippen molar-refractivity contribution in [2.24, 2.45) is 0 Å². The van der Waals surface area contributed by atoms with Gasteiger partial charge in [0.1, 0.15) is 6.10 Å². The molecule has 4 heteroatoms. The molecule has 3 fully saturated rings. The van der Waals surface area contributed by atoms with Crippen LogP contribution in [0.15, 0.2) is 0 Å². The van der Waals surface area contributed by atoms with E-state index in [4.69, 9.17) is 4.74 Å². The lowest BCUT2D eigenvalue weighted by Gasteiger charge is -2.28. The second-order valence-corrected chi connectivity index (χ2v) is 4.12. The molecule has 1 amide bonds. The van der Waals surface area contributed by atoms with Gasteiger partial charge in [-0.15, -0.1) is 0 Å². The molecule has 2 atom stereocenters. The normalized spacial score (nSPS) is 38.8. The van der Waals surface area contributed by atoms with Crippen LogP contribution in [0.3, 0.4) is 0 Å². The Labute approximate surface area is 77.2 Å². The SMILES string of the molecule is O=C1OC2CCNCC2N1C1CC1. The summed E-state index contributed by atoms with van der Waals surface area (Å²) in [5.74, 6) is 0. The van der Waals surface area contributed by atoms with Crippen LogP contribution >= 0.6 is 0 Å². The minimum absolute atomic E-state index is 0.0822. The van der Waals surface area contributed by atoms with Crippen molar-refractivity contribution < 1.29 is 9.53 Å². The number of hydrogen-bond donors (Lipinski definition) is 1. The molecule has 1 aliphatic carbocycles. The molecular weight excluding hydrogens is 168 g/mol. The fraction of sp³-hybridized carbons (Fsp3) is 0.889. The van der Waals surface area contributed by atoms with Gasteiger partial charge in [0.05, 0.1) is 6.04 Å². The maximum atomic E-state index is 11.5. The zero-order valence-electron chi connectivity index (χ0n) is 7.53. The monoisotopic (exact) mass is 182 g/mol. The number of nitrogens with one attached hydrogen (secondary N) is 1. The van der Waals surface area contributed by atoms with Gasteiger partial charge in [0.2, 0.25) is 0 Å². The zero-order valence-corrected chi connectivity index (χ0v) is 7.53. The average molecular weight is 182 g/mol. The summed E-state index contributed by atoms with van der Waals surface area (Å²) in [6.45, 7) is 1.89. The van der Waals surface area contributed by atoms with Crippen LogP contribution in [0.1, 0.15) is 19.3 Å². The first-order chi connectivity index (χ1) is 6.36. The first-order valence-corrected chi connectivity index (χ1v) is 5.06. The standard InChI is InChI=1S/C9H14N2O2/c12-9-11(6-1-2-6)7-5-10-4-3-8(7)13-9/h6-8,10H,1-5H2. The van der Waals surface area contributed by atoms with Crippen LogP contribution in [0, 0.1) is 0 Å². The minimum atomic E-state index is -0.0822. The molecule has 0 radical (unpaired) electrons. The molecule has 4 nitrogen and oxygen atoms in total. The zero-order chi connectivity index (χ0) is 8.84. The number of ether oxygens (including phenoxy) is 1. The molecule has 0 aromatic carbocycles. The molecule has 2 heterocycles. The van der Waals surface area contributed by atoms with E-state index < -0.39 is 0 Å². The summed E-state index contributed by atoms with van der Waals surface area (Å²) >= 11 is 0. The molecule has 3 rings (SSSR count). The van der Waals surface area contributed by atoms with Crippen LogP contribution in [0.25, 0.3) is 0 Å². The Kier molecular flexibility index (Phi) is 1.53. The molecule has 0 aromatic heterocycles. The lowest BCUT2D eigenvalue weighted by Crippen LogP contribution is -2.49. The summed E-state index contributed by atoms with van der Waals surface area (Å²) in [5, 5.41) is 3.32. The van der Waals surface area contributed by atoms with Crippen molar-refractivity contribution in [3.05, 3.63) is 0 Å². The Bertz CT molecular complexity index is 240. The highest BCUT2D eigenvalue weighted by molar-refractivity contribution is 5.71. The van der Waals surface area contributed by atoms with Crippen LogP contribution in [0.2, 0.25) is 0 Å². The Hall–Kier alpha value is -0.770. The van der Waals surface area contributed by atoms with E-state index >= 15 is 0 Å². The van der Waals surface area contributed by atoms with E-state index in [1.807, 2.05) is 4.90 Å².